The largest absolute Gasteiger partial charge is 0.346 e. The lowest BCUT2D eigenvalue weighted by Gasteiger charge is -2.07. The van der Waals surface area contributed by atoms with Crippen molar-refractivity contribution in [1.29, 1.82) is 0 Å². The molecule has 3 rings (SSSR count). The zero-order valence-corrected chi connectivity index (χ0v) is 16.2. The highest BCUT2D eigenvalue weighted by molar-refractivity contribution is 7.90. The first-order valence-corrected chi connectivity index (χ1v) is 10.8. The summed E-state index contributed by atoms with van der Waals surface area (Å²) in [5, 5.41) is 5.66. The molecule has 1 heterocycles. The summed E-state index contributed by atoms with van der Waals surface area (Å²) >= 11 is 7.53. The predicted octanol–water partition coefficient (Wildman–Crippen LogP) is 3.80. The monoisotopic (exact) mass is 406 g/mol. The van der Waals surface area contributed by atoms with Gasteiger partial charge in [-0.2, -0.15) is 0 Å². The summed E-state index contributed by atoms with van der Waals surface area (Å²) in [5.41, 5.74) is 1.85. The molecular weight excluding hydrogens is 392 g/mol. The van der Waals surface area contributed by atoms with Gasteiger partial charge in [-0.25, -0.2) is 13.4 Å². The molecule has 26 heavy (non-hydrogen) atoms. The van der Waals surface area contributed by atoms with Crippen molar-refractivity contribution in [2.45, 2.75) is 11.4 Å². The van der Waals surface area contributed by atoms with Crippen molar-refractivity contribution in [3.63, 3.8) is 0 Å². The topological polar surface area (TPSA) is 76.1 Å². The van der Waals surface area contributed by atoms with E-state index in [0.29, 0.717) is 0 Å². The van der Waals surface area contributed by atoms with Crippen LogP contribution in [0.5, 0.6) is 0 Å². The van der Waals surface area contributed by atoms with Gasteiger partial charge in [0.2, 0.25) is 0 Å². The first kappa shape index (κ1) is 18.6. The maximum Gasteiger partial charge on any atom is 0.253 e. The fraction of sp³-hybridized carbons (Fsp3) is 0.111. The number of halogens is 1. The molecule has 0 aliphatic heterocycles. The number of nitrogens with zero attached hydrogens (tertiary/aromatic N) is 1. The third kappa shape index (κ3) is 4.30. The molecule has 1 aromatic heterocycles. The van der Waals surface area contributed by atoms with E-state index in [4.69, 9.17) is 11.6 Å². The molecule has 0 aliphatic carbocycles. The fourth-order valence-corrected chi connectivity index (χ4v) is 3.95. The predicted molar refractivity (Wildman–Crippen MR) is 103 cm³/mol. The molecule has 0 fully saturated rings. The van der Waals surface area contributed by atoms with Crippen molar-refractivity contribution in [2.24, 2.45) is 0 Å². The summed E-state index contributed by atoms with van der Waals surface area (Å²) in [4.78, 5) is 16.9. The van der Waals surface area contributed by atoms with E-state index in [2.05, 4.69) is 10.3 Å². The molecule has 134 valence electrons. The number of aromatic nitrogens is 1. The maximum absolute atomic E-state index is 12.4. The van der Waals surface area contributed by atoms with Gasteiger partial charge in [0.15, 0.2) is 9.84 Å². The number of benzene rings is 2. The number of hydrogen-bond donors (Lipinski definition) is 1. The van der Waals surface area contributed by atoms with Gasteiger partial charge in [-0.3, -0.25) is 4.79 Å². The molecule has 0 radical (unpaired) electrons. The molecule has 1 amide bonds. The number of sulfone groups is 1. The second kappa shape index (κ2) is 7.57. The van der Waals surface area contributed by atoms with Crippen LogP contribution in [-0.4, -0.2) is 25.6 Å². The minimum absolute atomic E-state index is 0.0482. The Hall–Kier alpha value is -2.22. The number of nitrogens with one attached hydrogen (secondary N) is 1. The van der Waals surface area contributed by atoms with Crippen LogP contribution in [0.1, 0.15) is 16.1 Å². The van der Waals surface area contributed by atoms with Crippen LogP contribution in [0.3, 0.4) is 0 Å². The van der Waals surface area contributed by atoms with Crippen molar-refractivity contribution < 1.29 is 13.2 Å². The van der Waals surface area contributed by atoms with E-state index >= 15 is 0 Å². The average molecular weight is 407 g/mol. The Kier molecular flexibility index (Phi) is 5.41. The van der Waals surface area contributed by atoms with Crippen LogP contribution in [0.4, 0.5) is 0 Å². The van der Waals surface area contributed by atoms with Gasteiger partial charge >= 0.3 is 0 Å². The molecule has 2 aromatic carbocycles. The highest BCUT2D eigenvalue weighted by atomic mass is 35.5. The first-order chi connectivity index (χ1) is 12.3. The summed E-state index contributed by atoms with van der Waals surface area (Å²) in [6.45, 7) is 0.224. The normalized spacial score (nSPS) is 11.3. The number of hydrogen-bond acceptors (Lipinski definition) is 5. The van der Waals surface area contributed by atoms with Crippen LogP contribution >= 0.6 is 22.9 Å². The van der Waals surface area contributed by atoms with Gasteiger partial charge in [-0.1, -0.05) is 41.9 Å². The zero-order valence-electron chi connectivity index (χ0n) is 13.8. The zero-order chi connectivity index (χ0) is 18.7. The number of carbonyl (C=O) groups is 1. The SMILES string of the molecule is CS(=O)(=O)c1ccc(Cl)c(C(=O)NCc2csc(-c3ccccc3)n2)c1. The molecule has 5 nitrogen and oxygen atoms in total. The standard InChI is InChI=1S/C18H15ClN2O3S2/c1-26(23,24)14-7-8-16(19)15(9-14)17(22)20-10-13-11-25-18(21-13)12-5-3-2-4-6-12/h2-9,11H,10H2,1H3,(H,20,22). The van der Waals surface area contributed by atoms with Crippen LogP contribution in [0.2, 0.25) is 5.02 Å². The van der Waals surface area contributed by atoms with Gasteiger partial charge in [0.25, 0.3) is 5.91 Å². The molecule has 3 aromatic rings. The summed E-state index contributed by atoms with van der Waals surface area (Å²) in [7, 11) is -3.42. The molecule has 0 atom stereocenters. The number of rotatable bonds is 5. The van der Waals surface area contributed by atoms with E-state index < -0.39 is 15.7 Å². The van der Waals surface area contributed by atoms with Crippen LogP contribution in [0, 0.1) is 0 Å². The van der Waals surface area contributed by atoms with Gasteiger partial charge in [0.05, 0.1) is 27.7 Å². The van der Waals surface area contributed by atoms with Gasteiger partial charge in [-0.05, 0) is 18.2 Å². The summed E-state index contributed by atoms with van der Waals surface area (Å²) in [6.07, 6.45) is 1.08. The van der Waals surface area contributed by atoms with Gasteiger partial charge in [-0.15, -0.1) is 11.3 Å². The molecule has 0 aliphatic rings. The molecule has 0 saturated carbocycles. The Balaban J connectivity index is 1.73. The molecule has 0 saturated heterocycles. The fourth-order valence-electron chi connectivity index (χ4n) is 2.28. The van der Waals surface area contributed by atoms with E-state index in [-0.39, 0.29) is 22.0 Å². The Morgan fingerprint density at radius 2 is 1.92 bits per heavy atom. The maximum atomic E-state index is 12.4. The minimum Gasteiger partial charge on any atom is -0.346 e. The minimum atomic E-state index is -3.42. The Morgan fingerprint density at radius 1 is 1.19 bits per heavy atom. The third-order valence-corrected chi connectivity index (χ3v) is 5.99. The van der Waals surface area contributed by atoms with E-state index in [1.165, 1.54) is 29.5 Å². The van der Waals surface area contributed by atoms with Crippen molar-refractivity contribution in [1.82, 2.24) is 10.3 Å². The molecular formula is C18H15ClN2O3S2. The summed E-state index contributed by atoms with van der Waals surface area (Å²) in [5.74, 6) is -0.449. The van der Waals surface area contributed by atoms with Gasteiger partial charge in [0.1, 0.15) is 5.01 Å². The smallest absolute Gasteiger partial charge is 0.253 e. The highest BCUT2D eigenvalue weighted by Gasteiger charge is 2.16. The second-order valence-electron chi connectivity index (χ2n) is 5.61. The third-order valence-electron chi connectivity index (χ3n) is 3.61. The first-order valence-electron chi connectivity index (χ1n) is 7.62. The number of thiazole rings is 1. The Labute approximate surface area is 160 Å². The van der Waals surface area contributed by atoms with Crippen molar-refractivity contribution >= 4 is 38.7 Å². The molecule has 1 N–H and O–H groups in total. The van der Waals surface area contributed by atoms with Crippen molar-refractivity contribution in [2.75, 3.05) is 6.26 Å². The second-order valence-corrected chi connectivity index (χ2v) is 8.89. The Bertz CT molecular complexity index is 1050. The number of amides is 1. The van der Waals surface area contributed by atoms with Crippen molar-refractivity contribution in [3.05, 3.63) is 70.2 Å². The highest BCUT2D eigenvalue weighted by Crippen LogP contribution is 2.24. The van der Waals surface area contributed by atoms with Gasteiger partial charge < -0.3 is 5.32 Å². The molecule has 0 spiro atoms. The summed E-state index contributed by atoms with van der Waals surface area (Å²) < 4.78 is 23.3. The lowest BCUT2D eigenvalue weighted by Crippen LogP contribution is -2.23. The van der Waals surface area contributed by atoms with Gasteiger partial charge in [0, 0.05) is 17.2 Å². The lowest BCUT2D eigenvalue weighted by atomic mass is 10.2. The van der Waals surface area contributed by atoms with Crippen LogP contribution in [0.25, 0.3) is 10.6 Å². The number of carbonyl (C=O) groups excluding carboxylic acids is 1. The summed E-state index contributed by atoms with van der Waals surface area (Å²) in [6, 6.07) is 13.8. The van der Waals surface area contributed by atoms with E-state index in [1.54, 1.807) is 0 Å². The van der Waals surface area contributed by atoms with Crippen LogP contribution in [-0.2, 0) is 16.4 Å². The molecule has 0 bridgehead atoms. The van der Waals surface area contributed by atoms with Crippen LogP contribution in [0.15, 0.2) is 58.8 Å². The lowest BCUT2D eigenvalue weighted by molar-refractivity contribution is 0.0950. The van der Waals surface area contributed by atoms with E-state index in [0.717, 1.165) is 22.5 Å². The van der Waals surface area contributed by atoms with Crippen LogP contribution < -0.4 is 5.32 Å². The average Bonchev–Trinajstić information content (AvgIpc) is 3.09. The molecule has 0 unspecified atom stereocenters. The molecule has 8 heteroatoms. The van der Waals surface area contributed by atoms with E-state index in [9.17, 15) is 13.2 Å². The quantitative estimate of drug-likeness (QED) is 0.699. The van der Waals surface area contributed by atoms with Crippen molar-refractivity contribution in [3.8, 4) is 10.6 Å². The van der Waals surface area contributed by atoms with E-state index in [1.807, 2.05) is 35.7 Å². The Morgan fingerprint density at radius 3 is 2.62 bits per heavy atom.